The molecule has 2 aliphatic heterocycles. The number of halogens is 2. The first-order valence-electron chi connectivity index (χ1n) is 4.83. The molecule has 0 aromatic heterocycles. The molecule has 0 aliphatic carbocycles. The van der Waals surface area contributed by atoms with Gasteiger partial charge in [0.15, 0.2) is 6.29 Å². The number of likely N-dealkylation sites (tertiary alicyclic amines) is 1. The molecule has 82 valence electrons. The van der Waals surface area contributed by atoms with Crippen LogP contribution in [-0.2, 0) is 9.47 Å². The van der Waals surface area contributed by atoms with Gasteiger partial charge in [0.05, 0.1) is 19.8 Å². The van der Waals surface area contributed by atoms with Gasteiger partial charge in [-0.15, -0.1) is 0 Å². The van der Waals surface area contributed by atoms with Gasteiger partial charge in [-0.25, -0.2) is 8.78 Å². The summed E-state index contributed by atoms with van der Waals surface area (Å²) in [6, 6.07) is 0. The van der Waals surface area contributed by atoms with E-state index in [1.54, 1.807) is 4.90 Å². The number of nitrogens with zero attached hydrogens (tertiary/aromatic N) is 1. The normalized spacial score (nSPS) is 28.3. The summed E-state index contributed by atoms with van der Waals surface area (Å²) in [5.74, 6) is 0. The van der Waals surface area contributed by atoms with Crippen LogP contribution in [0.25, 0.3) is 0 Å². The monoisotopic (exact) mass is 207 g/mol. The third-order valence-electron chi connectivity index (χ3n) is 2.76. The number of hydrogen-bond acceptors (Lipinski definition) is 3. The summed E-state index contributed by atoms with van der Waals surface area (Å²) in [5, 5.41) is 0. The van der Waals surface area contributed by atoms with Gasteiger partial charge < -0.3 is 9.47 Å². The smallest absolute Gasteiger partial charge is 0.251 e. The zero-order valence-corrected chi connectivity index (χ0v) is 8.21. The van der Waals surface area contributed by atoms with Crippen LogP contribution in [0, 0.1) is 5.41 Å². The van der Waals surface area contributed by atoms with Crippen molar-refractivity contribution in [3.8, 4) is 0 Å². The van der Waals surface area contributed by atoms with Crippen LogP contribution in [-0.4, -0.2) is 50.5 Å². The molecule has 0 saturated carbocycles. The molecule has 2 rings (SSSR count). The molecule has 0 unspecified atom stereocenters. The third kappa shape index (κ3) is 2.04. The summed E-state index contributed by atoms with van der Waals surface area (Å²) >= 11 is 0. The first-order valence-corrected chi connectivity index (χ1v) is 4.83. The third-order valence-corrected chi connectivity index (χ3v) is 2.76. The van der Waals surface area contributed by atoms with E-state index in [1.807, 2.05) is 6.92 Å². The van der Waals surface area contributed by atoms with E-state index in [0.717, 1.165) is 0 Å². The molecule has 14 heavy (non-hydrogen) atoms. The zero-order valence-electron chi connectivity index (χ0n) is 8.21. The lowest BCUT2D eigenvalue weighted by Gasteiger charge is -2.52. The molecular formula is C9H15F2NO2. The number of ether oxygens (including phenoxy) is 2. The molecule has 0 N–H and O–H groups in total. The highest BCUT2D eigenvalue weighted by Gasteiger charge is 2.46. The van der Waals surface area contributed by atoms with Crippen molar-refractivity contribution >= 4 is 0 Å². The van der Waals surface area contributed by atoms with E-state index >= 15 is 0 Å². The lowest BCUT2D eigenvalue weighted by Crippen LogP contribution is -2.63. The fraction of sp³-hybridized carbons (Fsp3) is 1.00. The number of rotatable bonds is 2. The zero-order chi connectivity index (χ0) is 10.2. The van der Waals surface area contributed by atoms with Gasteiger partial charge in [-0.05, 0) is 6.92 Å². The van der Waals surface area contributed by atoms with Crippen molar-refractivity contribution in [1.82, 2.24) is 4.90 Å². The summed E-state index contributed by atoms with van der Waals surface area (Å²) in [6.07, 6.45) is -2.39. The molecule has 0 atom stereocenters. The molecule has 0 aromatic carbocycles. The van der Waals surface area contributed by atoms with Crippen molar-refractivity contribution in [3.05, 3.63) is 0 Å². The number of alkyl halides is 2. The van der Waals surface area contributed by atoms with Crippen molar-refractivity contribution in [2.24, 2.45) is 5.41 Å². The predicted molar refractivity (Wildman–Crippen MR) is 46.2 cm³/mol. The Morgan fingerprint density at radius 1 is 1.36 bits per heavy atom. The van der Waals surface area contributed by atoms with Gasteiger partial charge in [0.1, 0.15) is 0 Å². The first-order chi connectivity index (χ1) is 6.60. The van der Waals surface area contributed by atoms with Gasteiger partial charge >= 0.3 is 0 Å². The van der Waals surface area contributed by atoms with Gasteiger partial charge in [-0.1, -0.05) is 0 Å². The van der Waals surface area contributed by atoms with E-state index < -0.39 is 6.43 Å². The summed E-state index contributed by atoms with van der Waals surface area (Å²) in [4.78, 5) is 1.74. The Bertz CT molecular complexity index is 197. The van der Waals surface area contributed by atoms with Crippen LogP contribution in [0.3, 0.4) is 0 Å². The van der Waals surface area contributed by atoms with Gasteiger partial charge in [-0.2, -0.15) is 0 Å². The van der Waals surface area contributed by atoms with Crippen LogP contribution in [0.4, 0.5) is 8.78 Å². The predicted octanol–water partition coefficient (Wildman–Crippen LogP) is 0.946. The fourth-order valence-electron chi connectivity index (χ4n) is 2.09. The van der Waals surface area contributed by atoms with Crippen molar-refractivity contribution in [2.45, 2.75) is 19.6 Å². The quantitative estimate of drug-likeness (QED) is 0.672. The molecule has 0 amide bonds. The molecule has 1 spiro atoms. The Kier molecular flexibility index (Phi) is 2.72. The standard InChI is InChI=1S/C9H15F2NO2/c1-7-13-5-9(6-14-7)3-12(4-9)2-8(10)11/h7-8H,2-6H2,1H3. The van der Waals surface area contributed by atoms with Gasteiger partial charge in [0, 0.05) is 18.5 Å². The molecule has 2 fully saturated rings. The second-order valence-electron chi connectivity index (χ2n) is 4.25. The first kappa shape index (κ1) is 10.3. The minimum atomic E-state index is -2.24. The van der Waals surface area contributed by atoms with E-state index in [4.69, 9.17) is 9.47 Å². The summed E-state index contributed by atoms with van der Waals surface area (Å²) in [6.45, 7) is 4.33. The summed E-state index contributed by atoms with van der Waals surface area (Å²) in [5.41, 5.74) is -0.0125. The van der Waals surface area contributed by atoms with E-state index in [-0.39, 0.29) is 18.2 Å². The Hall–Kier alpha value is -0.260. The highest BCUT2D eigenvalue weighted by Crippen LogP contribution is 2.34. The largest absolute Gasteiger partial charge is 0.352 e. The van der Waals surface area contributed by atoms with Gasteiger partial charge in [0.2, 0.25) is 0 Å². The molecule has 3 nitrogen and oxygen atoms in total. The molecule has 0 bridgehead atoms. The Morgan fingerprint density at radius 3 is 2.43 bits per heavy atom. The van der Waals surface area contributed by atoms with Crippen LogP contribution in [0.15, 0.2) is 0 Å². The van der Waals surface area contributed by atoms with E-state index in [0.29, 0.717) is 26.3 Å². The molecular weight excluding hydrogens is 192 g/mol. The van der Waals surface area contributed by atoms with Gasteiger partial charge in [0.25, 0.3) is 6.43 Å². The minimum Gasteiger partial charge on any atom is -0.352 e. The fourth-order valence-corrected chi connectivity index (χ4v) is 2.09. The summed E-state index contributed by atoms with van der Waals surface area (Å²) in [7, 11) is 0. The van der Waals surface area contributed by atoms with Crippen LogP contribution in [0.5, 0.6) is 0 Å². The van der Waals surface area contributed by atoms with E-state index in [1.165, 1.54) is 0 Å². The SMILES string of the molecule is CC1OCC2(CO1)CN(CC(F)F)C2. The second kappa shape index (κ2) is 3.72. The molecule has 0 aromatic rings. The van der Waals surface area contributed by atoms with E-state index in [9.17, 15) is 8.78 Å². The maximum absolute atomic E-state index is 12.0. The highest BCUT2D eigenvalue weighted by atomic mass is 19.3. The van der Waals surface area contributed by atoms with Gasteiger partial charge in [-0.3, -0.25) is 4.90 Å². The van der Waals surface area contributed by atoms with E-state index in [2.05, 4.69) is 0 Å². The molecule has 2 aliphatic rings. The maximum Gasteiger partial charge on any atom is 0.251 e. The Balaban J connectivity index is 1.75. The second-order valence-corrected chi connectivity index (χ2v) is 4.25. The Morgan fingerprint density at radius 2 is 1.93 bits per heavy atom. The lowest BCUT2D eigenvalue weighted by atomic mass is 9.81. The highest BCUT2D eigenvalue weighted by molar-refractivity contribution is 4.96. The lowest BCUT2D eigenvalue weighted by molar-refractivity contribution is -0.252. The molecule has 2 saturated heterocycles. The average molecular weight is 207 g/mol. The van der Waals surface area contributed by atoms with Crippen molar-refractivity contribution < 1.29 is 18.3 Å². The van der Waals surface area contributed by atoms with Crippen molar-refractivity contribution in [2.75, 3.05) is 32.8 Å². The van der Waals surface area contributed by atoms with Crippen molar-refractivity contribution in [1.29, 1.82) is 0 Å². The topological polar surface area (TPSA) is 21.7 Å². The average Bonchev–Trinajstić information content (AvgIpc) is 2.05. The molecule has 5 heteroatoms. The molecule has 0 radical (unpaired) electrons. The summed E-state index contributed by atoms with van der Waals surface area (Å²) < 4.78 is 34.7. The van der Waals surface area contributed by atoms with Crippen LogP contribution in [0.1, 0.15) is 6.92 Å². The van der Waals surface area contributed by atoms with Crippen LogP contribution in [0.2, 0.25) is 0 Å². The molecule has 2 heterocycles. The van der Waals surface area contributed by atoms with Crippen LogP contribution < -0.4 is 0 Å². The number of hydrogen-bond donors (Lipinski definition) is 0. The van der Waals surface area contributed by atoms with Crippen LogP contribution >= 0.6 is 0 Å². The minimum absolute atomic E-state index is 0.0125. The van der Waals surface area contributed by atoms with Crippen molar-refractivity contribution in [3.63, 3.8) is 0 Å². The maximum atomic E-state index is 12.0. The Labute approximate surface area is 82.0 Å².